The highest BCUT2D eigenvalue weighted by Crippen LogP contribution is 2.23. The first kappa shape index (κ1) is 16.1. The van der Waals surface area contributed by atoms with E-state index in [4.69, 9.17) is 17.3 Å². The first-order chi connectivity index (χ1) is 9.86. The Labute approximate surface area is 131 Å². The van der Waals surface area contributed by atoms with Crippen molar-refractivity contribution < 1.29 is 4.79 Å². The smallest absolute Gasteiger partial charge is 0.238 e. The molecule has 2 unspecified atom stereocenters. The Balaban J connectivity index is 1.92. The number of hydrogen-bond donors (Lipinski definition) is 2. The van der Waals surface area contributed by atoms with Crippen LogP contribution in [0.4, 0.5) is 11.4 Å². The summed E-state index contributed by atoms with van der Waals surface area (Å²) >= 11 is 5.92. The Hall–Kier alpha value is -1.30. The molecule has 0 aromatic heterocycles. The summed E-state index contributed by atoms with van der Waals surface area (Å²) in [6.45, 7) is 4.44. The number of likely N-dealkylation sites (N-methyl/N-ethyl adjacent to an activating group) is 1. The molecule has 2 rings (SSSR count). The van der Waals surface area contributed by atoms with Crippen LogP contribution in [0.25, 0.3) is 0 Å². The Kier molecular flexibility index (Phi) is 5.08. The van der Waals surface area contributed by atoms with Crippen LogP contribution in [0.3, 0.4) is 0 Å². The SMILES string of the molecule is CC1CN(CC(=O)Nc2cc(Cl)ccc2N)CC1N(C)C. The zero-order valence-corrected chi connectivity index (χ0v) is 13.5. The predicted molar refractivity (Wildman–Crippen MR) is 87.6 cm³/mol. The molecular formula is C15H23ClN4O. The number of halogens is 1. The second-order valence-corrected chi connectivity index (χ2v) is 6.42. The summed E-state index contributed by atoms with van der Waals surface area (Å²) < 4.78 is 0. The van der Waals surface area contributed by atoms with E-state index in [2.05, 4.69) is 36.1 Å². The van der Waals surface area contributed by atoms with E-state index in [9.17, 15) is 4.79 Å². The van der Waals surface area contributed by atoms with Crippen LogP contribution in [0.1, 0.15) is 6.92 Å². The maximum atomic E-state index is 12.2. The van der Waals surface area contributed by atoms with Crippen molar-refractivity contribution in [3.63, 3.8) is 0 Å². The number of nitrogen functional groups attached to an aromatic ring is 1. The molecule has 6 heteroatoms. The number of nitrogens with one attached hydrogen (secondary N) is 1. The molecule has 1 amide bonds. The predicted octanol–water partition coefficient (Wildman–Crippen LogP) is 1.74. The van der Waals surface area contributed by atoms with Crippen molar-refractivity contribution in [3.05, 3.63) is 23.2 Å². The molecule has 1 saturated heterocycles. The van der Waals surface area contributed by atoms with Crippen LogP contribution in [0.5, 0.6) is 0 Å². The van der Waals surface area contributed by atoms with Crippen LogP contribution < -0.4 is 11.1 Å². The normalized spacial score (nSPS) is 22.7. The highest BCUT2D eigenvalue weighted by Gasteiger charge is 2.31. The van der Waals surface area contributed by atoms with Crippen LogP contribution >= 0.6 is 11.6 Å². The van der Waals surface area contributed by atoms with Crippen LogP contribution in [0.15, 0.2) is 18.2 Å². The average molecular weight is 311 g/mol. The molecule has 0 aliphatic carbocycles. The number of nitrogens with zero attached hydrogens (tertiary/aromatic N) is 2. The lowest BCUT2D eigenvalue weighted by Crippen LogP contribution is -2.36. The summed E-state index contributed by atoms with van der Waals surface area (Å²) in [7, 11) is 4.16. The lowest BCUT2D eigenvalue weighted by molar-refractivity contribution is -0.117. The Morgan fingerprint density at radius 1 is 1.48 bits per heavy atom. The van der Waals surface area contributed by atoms with Gasteiger partial charge in [-0.05, 0) is 38.2 Å². The first-order valence-electron chi connectivity index (χ1n) is 7.10. The third-order valence-corrected chi connectivity index (χ3v) is 4.20. The van der Waals surface area contributed by atoms with Gasteiger partial charge in [-0.25, -0.2) is 0 Å². The zero-order chi connectivity index (χ0) is 15.6. The van der Waals surface area contributed by atoms with Crippen molar-refractivity contribution in [1.29, 1.82) is 0 Å². The summed E-state index contributed by atoms with van der Waals surface area (Å²) in [5, 5.41) is 3.39. The minimum absolute atomic E-state index is 0.0597. The molecular weight excluding hydrogens is 288 g/mol. The summed E-state index contributed by atoms with van der Waals surface area (Å²) in [6, 6.07) is 5.56. The van der Waals surface area contributed by atoms with Crippen molar-refractivity contribution in [2.24, 2.45) is 5.92 Å². The van der Waals surface area contributed by atoms with Crippen LogP contribution in [0.2, 0.25) is 5.02 Å². The van der Waals surface area contributed by atoms with Gasteiger partial charge in [0.2, 0.25) is 5.91 Å². The zero-order valence-electron chi connectivity index (χ0n) is 12.8. The fraction of sp³-hybridized carbons (Fsp3) is 0.533. The van der Waals surface area contributed by atoms with Gasteiger partial charge in [-0.2, -0.15) is 0 Å². The molecule has 1 heterocycles. The molecule has 5 nitrogen and oxygen atoms in total. The number of hydrogen-bond acceptors (Lipinski definition) is 4. The van der Waals surface area contributed by atoms with Gasteiger partial charge >= 0.3 is 0 Å². The number of nitrogens with two attached hydrogens (primary N) is 1. The Morgan fingerprint density at radius 3 is 2.81 bits per heavy atom. The van der Waals surface area contributed by atoms with E-state index >= 15 is 0 Å². The van der Waals surface area contributed by atoms with Gasteiger partial charge in [0.25, 0.3) is 0 Å². The van der Waals surface area contributed by atoms with Crippen LogP contribution in [-0.4, -0.2) is 55.5 Å². The number of rotatable bonds is 4. The molecule has 1 aromatic rings. The monoisotopic (exact) mass is 310 g/mol. The van der Waals surface area contributed by atoms with Crippen LogP contribution in [0, 0.1) is 5.92 Å². The second-order valence-electron chi connectivity index (χ2n) is 5.98. The van der Waals surface area contributed by atoms with E-state index in [0.29, 0.717) is 34.9 Å². The number of carbonyl (C=O) groups is 1. The lowest BCUT2D eigenvalue weighted by Gasteiger charge is -2.22. The van der Waals surface area contributed by atoms with E-state index in [1.54, 1.807) is 18.2 Å². The molecule has 0 radical (unpaired) electrons. The van der Waals surface area contributed by atoms with E-state index < -0.39 is 0 Å². The van der Waals surface area contributed by atoms with E-state index in [-0.39, 0.29) is 5.91 Å². The number of anilines is 2. The molecule has 116 valence electrons. The van der Waals surface area contributed by atoms with Crippen molar-refractivity contribution >= 4 is 28.9 Å². The van der Waals surface area contributed by atoms with Gasteiger partial charge in [-0.1, -0.05) is 18.5 Å². The molecule has 1 aliphatic rings. The van der Waals surface area contributed by atoms with Crippen molar-refractivity contribution in [2.75, 3.05) is 44.8 Å². The molecule has 2 atom stereocenters. The lowest BCUT2D eigenvalue weighted by atomic mass is 10.1. The fourth-order valence-electron chi connectivity index (χ4n) is 2.88. The minimum Gasteiger partial charge on any atom is -0.397 e. The largest absolute Gasteiger partial charge is 0.397 e. The average Bonchev–Trinajstić information content (AvgIpc) is 2.74. The van der Waals surface area contributed by atoms with Crippen LogP contribution in [-0.2, 0) is 4.79 Å². The molecule has 1 aromatic carbocycles. The molecule has 0 spiro atoms. The van der Waals surface area contributed by atoms with Gasteiger partial charge in [-0.15, -0.1) is 0 Å². The molecule has 0 bridgehead atoms. The summed E-state index contributed by atoms with van der Waals surface area (Å²) in [6.07, 6.45) is 0. The van der Waals surface area contributed by atoms with Crippen molar-refractivity contribution in [3.8, 4) is 0 Å². The highest BCUT2D eigenvalue weighted by atomic mass is 35.5. The summed E-state index contributed by atoms with van der Waals surface area (Å²) in [4.78, 5) is 16.5. The van der Waals surface area contributed by atoms with E-state index in [1.165, 1.54) is 0 Å². The third-order valence-electron chi connectivity index (χ3n) is 3.97. The topological polar surface area (TPSA) is 61.6 Å². The quantitative estimate of drug-likeness (QED) is 0.832. The standard InChI is InChI=1S/C15H23ClN4O/c1-10-7-20(8-14(10)19(2)3)9-15(21)18-13-6-11(16)4-5-12(13)17/h4-6,10,14H,7-9,17H2,1-3H3,(H,18,21). The summed E-state index contributed by atoms with van der Waals surface area (Å²) in [5.74, 6) is 0.500. The van der Waals surface area contributed by atoms with E-state index in [0.717, 1.165) is 13.1 Å². The van der Waals surface area contributed by atoms with Gasteiger partial charge in [-0.3, -0.25) is 9.69 Å². The van der Waals surface area contributed by atoms with Gasteiger partial charge < -0.3 is 16.0 Å². The Bertz CT molecular complexity index is 520. The summed E-state index contributed by atoms with van der Waals surface area (Å²) in [5.41, 5.74) is 6.93. The highest BCUT2D eigenvalue weighted by molar-refractivity contribution is 6.31. The molecule has 21 heavy (non-hydrogen) atoms. The maximum Gasteiger partial charge on any atom is 0.238 e. The van der Waals surface area contributed by atoms with Gasteiger partial charge in [0.05, 0.1) is 17.9 Å². The minimum atomic E-state index is -0.0597. The number of likely N-dealkylation sites (tertiary alicyclic amines) is 1. The fourth-order valence-corrected chi connectivity index (χ4v) is 3.05. The molecule has 0 saturated carbocycles. The molecule has 1 aliphatic heterocycles. The number of amides is 1. The molecule has 1 fully saturated rings. The third kappa shape index (κ3) is 4.09. The first-order valence-corrected chi connectivity index (χ1v) is 7.48. The van der Waals surface area contributed by atoms with Gasteiger partial charge in [0.15, 0.2) is 0 Å². The van der Waals surface area contributed by atoms with Gasteiger partial charge in [0.1, 0.15) is 0 Å². The second kappa shape index (κ2) is 6.64. The maximum absolute atomic E-state index is 12.2. The number of benzene rings is 1. The Morgan fingerprint density at radius 2 is 2.19 bits per heavy atom. The van der Waals surface area contributed by atoms with E-state index in [1.807, 2.05) is 0 Å². The van der Waals surface area contributed by atoms with Crippen molar-refractivity contribution in [2.45, 2.75) is 13.0 Å². The molecule has 3 N–H and O–H groups in total. The van der Waals surface area contributed by atoms with Gasteiger partial charge in [0, 0.05) is 24.2 Å². The number of carbonyl (C=O) groups excluding carboxylic acids is 1. The van der Waals surface area contributed by atoms with Crippen molar-refractivity contribution in [1.82, 2.24) is 9.80 Å².